The van der Waals surface area contributed by atoms with Crippen LogP contribution in [0.4, 0.5) is 16.2 Å². The maximum atomic E-state index is 12.5. The zero-order valence-electron chi connectivity index (χ0n) is 16.2. The number of rotatable bonds is 7. The smallest absolute Gasteiger partial charge is 0.319 e. The van der Waals surface area contributed by atoms with E-state index in [0.29, 0.717) is 24.3 Å². The molecule has 0 spiro atoms. The molecule has 28 heavy (non-hydrogen) atoms. The highest BCUT2D eigenvalue weighted by Crippen LogP contribution is 2.44. The first-order valence-electron chi connectivity index (χ1n) is 10.1. The van der Waals surface area contributed by atoms with Crippen LogP contribution < -0.4 is 15.5 Å². The van der Waals surface area contributed by atoms with Gasteiger partial charge in [-0.15, -0.1) is 0 Å². The second-order valence-electron chi connectivity index (χ2n) is 7.96. The second kappa shape index (κ2) is 8.05. The molecule has 0 saturated heterocycles. The largest absolute Gasteiger partial charge is 0.335 e. The number of benzene rings is 2. The highest BCUT2D eigenvalue weighted by Gasteiger charge is 2.42. The minimum atomic E-state index is -0.128. The fourth-order valence-electron chi connectivity index (χ4n) is 3.64. The fourth-order valence-corrected chi connectivity index (χ4v) is 3.64. The molecule has 2 N–H and O–H groups in total. The third kappa shape index (κ3) is 4.71. The summed E-state index contributed by atoms with van der Waals surface area (Å²) in [5.74, 6) is 1.38. The molecule has 0 aromatic heterocycles. The molecule has 0 atom stereocenters. The lowest BCUT2D eigenvalue weighted by Crippen LogP contribution is -2.40. The molecule has 0 radical (unpaired) electrons. The Morgan fingerprint density at radius 3 is 2.14 bits per heavy atom. The van der Waals surface area contributed by atoms with Crippen molar-refractivity contribution in [2.75, 3.05) is 17.3 Å². The Labute approximate surface area is 166 Å². The van der Waals surface area contributed by atoms with E-state index in [1.165, 1.54) is 25.7 Å². The summed E-state index contributed by atoms with van der Waals surface area (Å²) in [5.41, 5.74) is 2.55. The number of amides is 3. The zero-order chi connectivity index (χ0) is 19.5. The molecule has 0 bridgehead atoms. The first-order chi connectivity index (χ1) is 13.6. The monoisotopic (exact) mass is 377 g/mol. The van der Waals surface area contributed by atoms with Crippen LogP contribution in [-0.4, -0.2) is 25.0 Å². The summed E-state index contributed by atoms with van der Waals surface area (Å²) in [6.07, 6.45) is 5.27. The topological polar surface area (TPSA) is 61.4 Å². The van der Waals surface area contributed by atoms with Crippen molar-refractivity contribution < 1.29 is 9.59 Å². The van der Waals surface area contributed by atoms with Crippen LogP contribution in [0.1, 0.15) is 31.2 Å². The summed E-state index contributed by atoms with van der Waals surface area (Å²) in [6, 6.07) is 17.3. The van der Waals surface area contributed by atoms with Gasteiger partial charge in [0.05, 0.1) is 6.42 Å². The van der Waals surface area contributed by atoms with Crippen LogP contribution in [0.5, 0.6) is 0 Å². The first-order valence-corrected chi connectivity index (χ1v) is 10.1. The average Bonchev–Trinajstić information content (AvgIpc) is 3.61. The SMILES string of the molecule is CN(C(=O)Cc1ccc(NC(=O)NC(C2CC2)C2CC2)cc1)c1ccccc1. The van der Waals surface area contributed by atoms with Crippen LogP contribution in [0.3, 0.4) is 0 Å². The molecule has 2 aliphatic carbocycles. The Morgan fingerprint density at radius 1 is 0.964 bits per heavy atom. The summed E-state index contributed by atoms with van der Waals surface area (Å²) in [4.78, 5) is 26.5. The normalized spacial score (nSPS) is 15.9. The van der Waals surface area contributed by atoms with Crippen molar-refractivity contribution in [1.82, 2.24) is 5.32 Å². The molecular weight excluding hydrogens is 350 g/mol. The number of likely N-dealkylation sites (N-methyl/N-ethyl adjacent to an activating group) is 1. The molecule has 0 heterocycles. The Morgan fingerprint density at radius 2 is 1.57 bits per heavy atom. The van der Waals surface area contributed by atoms with E-state index in [4.69, 9.17) is 0 Å². The molecule has 0 aliphatic heterocycles. The van der Waals surface area contributed by atoms with Gasteiger partial charge in [-0.3, -0.25) is 4.79 Å². The molecule has 2 saturated carbocycles. The van der Waals surface area contributed by atoms with Crippen molar-refractivity contribution >= 4 is 23.3 Å². The summed E-state index contributed by atoms with van der Waals surface area (Å²) in [5, 5.41) is 6.08. The molecular formula is C23H27N3O2. The van der Waals surface area contributed by atoms with E-state index >= 15 is 0 Å². The standard InChI is InChI=1S/C23H27N3O2/c1-26(20-5-3-2-4-6-20)21(27)15-16-7-13-19(14-8-16)24-23(28)25-22(17-9-10-17)18-11-12-18/h2-8,13-14,17-18,22H,9-12,15H2,1H3,(H2,24,25,28). The Hall–Kier alpha value is -2.82. The molecule has 2 fully saturated rings. The number of para-hydroxylation sites is 1. The van der Waals surface area contributed by atoms with E-state index in [9.17, 15) is 9.59 Å². The van der Waals surface area contributed by atoms with Gasteiger partial charge < -0.3 is 15.5 Å². The molecule has 2 aromatic rings. The molecule has 5 heteroatoms. The lowest BCUT2D eigenvalue weighted by atomic mass is 10.1. The third-order valence-electron chi connectivity index (χ3n) is 5.64. The fraction of sp³-hybridized carbons (Fsp3) is 0.391. The van der Waals surface area contributed by atoms with Crippen LogP contribution in [0.15, 0.2) is 54.6 Å². The lowest BCUT2D eigenvalue weighted by molar-refractivity contribution is -0.117. The first kappa shape index (κ1) is 18.5. The van der Waals surface area contributed by atoms with E-state index in [1.54, 1.807) is 11.9 Å². The number of anilines is 2. The molecule has 4 rings (SSSR count). The van der Waals surface area contributed by atoms with Crippen LogP contribution in [-0.2, 0) is 11.2 Å². The third-order valence-corrected chi connectivity index (χ3v) is 5.64. The predicted molar refractivity (Wildman–Crippen MR) is 111 cm³/mol. The van der Waals surface area contributed by atoms with E-state index in [0.717, 1.165) is 16.9 Å². The zero-order valence-corrected chi connectivity index (χ0v) is 16.2. The second-order valence-corrected chi connectivity index (χ2v) is 7.96. The number of hydrogen-bond donors (Lipinski definition) is 2. The Balaban J connectivity index is 1.29. The van der Waals surface area contributed by atoms with Gasteiger partial charge in [0.2, 0.25) is 5.91 Å². The van der Waals surface area contributed by atoms with Gasteiger partial charge >= 0.3 is 6.03 Å². The molecule has 2 aliphatic rings. The Bertz CT molecular complexity index is 815. The van der Waals surface area contributed by atoms with E-state index < -0.39 is 0 Å². The Kier molecular flexibility index (Phi) is 5.33. The van der Waals surface area contributed by atoms with Gasteiger partial charge in [-0.05, 0) is 67.3 Å². The maximum absolute atomic E-state index is 12.5. The van der Waals surface area contributed by atoms with Gasteiger partial charge in [-0.1, -0.05) is 30.3 Å². The van der Waals surface area contributed by atoms with E-state index in [-0.39, 0.29) is 11.9 Å². The quantitative estimate of drug-likeness (QED) is 0.760. The predicted octanol–water partition coefficient (Wildman–Crippen LogP) is 4.20. The lowest BCUT2D eigenvalue weighted by Gasteiger charge is -2.18. The van der Waals surface area contributed by atoms with Crippen molar-refractivity contribution in [2.45, 2.75) is 38.1 Å². The van der Waals surface area contributed by atoms with Gasteiger partial charge in [0.25, 0.3) is 0 Å². The number of nitrogens with zero attached hydrogens (tertiary/aromatic N) is 1. The highest BCUT2D eigenvalue weighted by atomic mass is 16.2. The van der Waals surface area contributed by atoms with Crippen LogP contribution in [0.2, 0.25) is 0 Å². The molecule has 2 aromatic carbocycles. The molecule has 5 nitrogen and oxygen atoms in total. The van der Waals surface area contributed by atoms with Gasteiger partial charge in [-0.25, -0.2) is 4.79 Å². The van der Waals surface area contributed by atoms with Crippen molar-refractivity contribution in [3.05, 3.63) is 60.2 Å². The summed E-state index contributed by atoms with van der Waals surface area (Å²) < 4.78 is 0. The van der Waals surface area contributed by atoms with E-state index in [2.05, 4.69) is 10.6 Å². The number of urea groups is 1. The number of carbonyl (C=O) groups excluding carboxylic acids is 2. The van der Waals surface area contributed by atoms with E-state index in [1.807, 2.05) is 54.6 Å². The van der Waals surface area contributed by atoms with Crippen molar-refractivity contribution in [3.8, 4) is 0 Å². The molecule has 3 amide bonds. The number of carbonyl (C=O) groups is 2. The van der Waals surface area contributed by atoms with Crippen molar-refractivity contribution in [1.29, 1.82) is 0 Å². The highest BCUT2D eigenvalue weighted by molar-refractivity contribution is 5.94. The minimum absolute atomic E-state index is 0.0290. The van der Waals surface area contributed by atoms with Crippen LogP contribution in [0, 0.1) is 11.8 Å². The average molecular weight is 377 g/mol. The number of nitrogens with one attached hydrogen (secondary N) is 2. The molecule has 0 unspecified atom stereocenters. The van der Waals surface area contributed by atoms with Crippen LogP contribution >= 0.6 is 0 Å². The van der Waals surface area contributed by atoms with Gasteiger partial charge in [0.15, 0.2) is 0 Å². The van der Waals surface area contributed by atoms with Crippen LogP contribution in [0.25, 0.3) is 0 Å². The molecule has 146 valence electrons. The summed E-state index contributed by atoms with van der Waals surface area (Å²) >= 11 is 0. The number of hydrogen-bond acceptors (Lipinski definition) is 2. The maximum Gasteiger partial charge on any atom is 0.319 e. The summed E-state index contributed by atoms with van der Waals surface area (Å²) in [7, 11) is 1.79. The minimum Gasteiger partial charge on any atom is -0.335 e. The van der Waals surface area contributed by atoms with Crippen molar-refractivity contribution in [2.24, 2.45) is 11.8 Å². The van der Waals surface area contributed by atoms with Gasteiger partial charge in [-0.2, -0.15) is 0 Å². The van der Waals surface area contributed by atoms with Gasteiger partial charge in [0, 0.05) is 24.5 Å². The van der Waals surface area contributed by atoms with Gasteiger partial charge in [0.1, 0.15) is 0 Å². The van der Waals surface area contributed by atoms with Crippen molar-refractivity contribution in [3.63, 3.8) is 0 Å². The summed E-state index contributed by atoms with van der Waals surface area (Å²) in [6.45, 7) is 0.